The molecule has 1 atom stereocenters. The summed E-state index contributed by atoms with van der Waals surface area (Å²) in [5.41, 5.74) is 10.9. The van der Waals surface area contributed by atoms with Gasteiger partial charge in [-0.25, -0.2) is 19.5 Å². The van der Waals surface area contributed by atoms with Crippen molar-refractivity contribution in [3.63, 3.8) is 0 Å². The monoisotopic (exact) mass is 570 g/mol. The number of rotatable bonds is 13. The molecule has 12 nitrogen and oxygen atoms in total. The Balaban J connectivity index is 1.55. The number of nitrogens with zero attached hydrogens (tertiary/aromatic N) is 7. The zero-order valence-corrected chi connectivity index (χ0v) is 24.6. The van der Waals surface area contributed by atoms with Crippen molar-refractivity contribution in [1.82, 2.24) is 34.8 Å². The maximum atomic E-state index is 13.1. The number of carbonyl (C=O) groups excluding carboxylic acids is 1. The lowest BCUT2D eigenvalue weighted by atomic mass is 10.0. The summed E-state index contributed by atoms with van der Waals surface area (Å²) < 4.78 is 1.78. The smallest absolute Gasteiger partial charge is 0.251 e. The van der Waals surface area contributed by atoms with E-state index in [0.29, 0.717) is 36.0 Å². The zero-order chi connectivity index (χ0) is 30.2. The molecule has 4 rings (SSSR count). The lowest BCUT2D eigenvalue weighted by Gasteiger charge is -2.17. The van der Waals surface area contributed by atoms with E-state index < -0.39 is 6.04 Å². The molecule has 0 fully saturated rings. The third kappa shape index (κ3) is 7.18. The van der Waals surface area contributed by atoms with Gasteiger partial charge in [-0.2, -0.15) is 10.4 Å². The number of hydrogen-bond acceptors (Lipinski definition) is 10. The highest BCUT2D eigenvalue weighted by atomic mass is 16.3. The highest BCUT2D eigenvalue weighted by Gasteiger charge is 2.20. The fourth-order valence-electron chi connectivity index (χ4n) is 4.79. The van der Waals surface area contributed by atoms with Crippen molar-refractivity contribution in [2.24, 2.45) is 0 Å². The summed E-state index contributed by atoms with van der Waals surface area (Å²) in [4.78, 5) is 28.2. The van der Waals surface area contributed by atoms with Gasteiger partial charge in [-0.1, -0.05) is 6.42 Å². The Kier molecular flexibility index (Phi) is 10.0. The highest BCUT2D eigenvalue weighted by Crippen LogP contribution is 2.29. The molecule has 5 N–H and O–H groups in total. The molecule has 0 spiro atoms. The number of likely N-dealkylation sites (N-methyl/N-ethyl adjacent to an activating group) is 1. The number of amides is 1. The van der Waals surface area contributed by atoms with Crippen molar-refractivity contribution >= 4 is 23.1 Å². The third-order valence-corrected chi connectivity index (χ3v) is 7.05. The fraction of sp³-hybridized carbons (Fsp3) is 0.400. The van der Waals surface area contributed by atoms with Crippen molar-refractivity contribution in [3.05, 3.63) is 64.9 Å². The Bertz CT molecular complexity index is 1590. The topological polar surface area (TPSA) is 170 Å². The second-order valence-corrected chi connectivity index (χ2v) is 10.5. The number of nitrogens with one attached hydrogen (secondary N) is 2. The van der Waals surface area contributed by atoms with E-state index in [-0.39, 0.29) is 23.9 Å². The summed E-state index contributed by atoms with van der Waals surface area (Å²) in [6, 6.07) is 9.34. The molecule has 0 saturated heterocycles. The quantitative estimate of drug-likeness (QED) is 0.175. The summed E-state index contributed by atoms with van der Waals surface area (Å²) in [7, 11) is 1.99. The number of anilines is 2. The molecule has 0 radical (unpaired) electrons. The van der Waals surface area contributed by atoms with Crippen molar-refractivity contribution in [2.75, 3.05) is 44.3 Å². The van der Waals surface area contributed by atoms with Gasteiger partial charge in [0.05, 0.1) is 23.9 Å². The van der Waals surface area contributed by atoms with Gasteiger partial charge in [0.25, 0.3) is 5.91 Å². The van der Waals surface area contributed by atoms with Crippen molar-refractivity contribution in [1.29, 1.82) is 5.26 Å². The van der Waals surface area contributed by atoms with E-state index in [2.05, 4.69) is 25.5 Å². The first-order valence-electron chi connectivity index (χ1n) is 14.0. The van der Waals surface area contributed by atoms with E-state index in [1.807, 2.05) is 64.4 Å². The molecule has 3 aromatic heterocycles. The number of unbranched alkanes of at least 4 members (excludes halogenated alkanes) is 2. The molecule has 1 amide bonds. The fourth-order valence-corrected chi connectivity index (χ4v) is 4.79. The summed E-state index contributed by atoms with van der Waals surface area (Å²) in [6.45, 7) is 8.18. The predicted octanol–water partition coefficient (Wildman–Crippen LogP) is 3.25. The first-order valence-corrected chi connectivity index (χ1v) is 14.0. The van der Waals surface area contributed by atoms with E-state index in [4.69, 9.17) is 20.9 Å². The molecule has 0 aliphatic carbocycles. The number of hydrogen-bond donors (Lipinski definition) is 4. The molecule has 220 valence electrons. The van der Waals surface area contributed by atoms with Crippen LogP contribution in [-0.2, 0) is 0 Å². The van der Waals surface area contributed by atoms with Crippen LogP contribution in [0.25, 0.3) is 16.8 Å². The van der Waals surface area contributed by atoms with Crippen LogP contribution in [0.1, 0.15) is 65.1 Å². The minimum atomic E-state index is -0.423. The molecular weight excluding hydrogens is 532 g/mol. The Morgan fingerprint density at radius 1 is 1.19 bits per heavy atom. The Morgan fingerprint density at radius 2 is 2.00 bits per heavy atom. The van der Waals surface area contributed by atoms with Crippen LogP contribution in [0, 0.1) is 25.2 Å². The maximum absolute atomic E-state index is 13.1. The zero-order valence-electron chi connectivity index (χ0n) is 24.6. The molecule has 0 aliphatic heterocycles. The molecule has 1 aromatic carbocycles. The lowest BCUT2D eigenvalue weighted by Crippen LogP contribution is -2.25. The Labute approximate surface area is 245 Å². The number of nitrogens with two attached hydrogens (primary N) is 1. The van der Waals surface area contributed by atoms with Gasteiger partial charge in [-0.05, 0) is 82.6 Å². The van der Waals surface area contributed by atoms with Crippen LogP contribution >= 0.6 is 0 Å². The second kappa shape index (κ2) is 13.8. The molecule has 0 aliphatic rings. The van der Waals surface area contributed by atoms with Crippen LogP contribution < -0.4 is 16.4 Å². The summed E-state index contributed by atoms with van der Waals surface area (Å²) >= 11 is 0. The Hall–Kier alpha value is -4.60. The standard InChI is InChI=1S/C30H38N10O2/c1-19-14-22(16-23(15-19)30(42)33-9-6-5-7-10-39(4)12-13-41)25-26-20(2)8-11-40(26)38-28(37-25)21(3)36-29-24(17-31)27(32)34-18-35-29/h8,11,14-16,18,21,41H,5-7,9-10,12-13H2,1-4H3,(H,33,42)(H3,32,34,35,36). The lowest BCUT2D eigenvalue weighted by molar-refractivity contribution is 0.0952. The molecule has 0 saturated carbocycles. The van der Waals surface area contributed by atoms with Gasteiger partial charge < -0.3 is 26.4 Å². The van der Waals surface area contributed by atoms with Gasteiger partial charge in [0.15, 0.2) is 5.82 Å². The van der Waals surface area contributed by atoms with Crippen LogP contribution in [0.2, 0.25) is 0 Å². The van der Waals surface area contributed by atoms with E-state index in [0.717, 1.165) is 48.0 Å². The first kappa shape index (κ1) is 30.4. The summed E-state index contributed by atoms with van der Waals surface area (Å²) in [6.07, 6.45) is 6.06. The number of aliphatic hydroxyl groups is 1. The number of aryl methyl sites for hydroxylation is 2. The number of carbonyl (C=O) groups is 1. The third-order valence-electron chi connectivity index (χ3n) is 7.05. The minimum Gasteiger partial charge on any atom is -0.395 e. The minimum absolute atomic E-state index is 0.0940. The first-order chi connectivity index (χ1) is 20.2. The molecule has 42 heavy (non-hydrogen) atoms. The normalized spacial score (nSPS) is 11.9. The van der Waals surface area contributed by atoms with E-state index >= 15 is 0 Å². The summed E-state index contributed by atoms with van der Waals surface area (Å²) in [5, 5.41) is 29.5. The van der Waals surface area contributed by atoms with Crippen LogP contribution in [0.5, 0.6) is 0 Å². The van der Waals surface area contributed by atoms with Crippen LogP contribution in [-0.4, -0.2) is 73.8 Å². The average Bonchev–Trinajstić information content (AvgIpc) is 3.34. The van der Waals surface area contributed by atoms with Crippen molar-refractivity contribution in [2.45, 2.75) is 46.1 Å². The molecule has 0 bridgehead atoms. The predicted molar refractivity (Wildman–Crippen MR) is 162 cm³/mol. The molecule has 4 aromatic rings. The van der Waals surface area contributed by atoms with Gasteiger partial charge in [0, 0.05) is 30.4 Å². The van der Waals surface area contributed by atoms with Crippen LogP contribution in [0.4, 0.5) is 11.6 Å². The number of aliphatic hydroxyl groups excluding tert-OH is 1. The number of benzene rings is 1. The average molecular weight is 571 g/mol. The SMILES string of the molecule is Cc1cc(C(=O)NCCCCCN(C)CCO)cc(-c2nc(C(C)Nc3ncnc(N)c3C#N)nn3ccc(C)c23)c1. The van der Waals surface area contributed by atoms with Gasteiger partial charge >= 0.3 is 0 Å². The number of nitriles is 1. The molecule has 1 unspecified atom stereocenters. The van der Waals surface area contributed by atoms with E-state index in [1.54, 1.807) is 4.52 Å². The molecular formula is C30H38N10O2. The largest absolute Gasteiger partial charge is 0.395 e. The summed E-state index contributed by atoms with van der Waals surface area (Å²) in [5.74, 6) is 0.746. The second-order valence-electron chi connectivity index (χ2n) is 10.5. The van der Waals surface area contributed by atoms with Crippen molar-refractivity contribution in [3.8, 4) is 17.3 Å². The van der Waals surface area contributed by atoms with E-state index in [9.17, 15) is 10.1 Å². The number of aromatic nitrogens is 5. The number of fused-ring (bicyclic) bond motifs is 1. The van der Waals surface area contributed by atoms with Gasteiger partial charge in [-0.3, -0.25) is 4.79 Å². The maximum Gasteiger partial charge on any atom is 0.251 e. The highest BCUT2D eigenvalue weighted by molar-refractivity contribution is 5.96. The van der Waals surface area contributed by atoms with Crippen molar-refractivity contribution < 1.29 is 9.90 Å². The van der Waals surface area contributed by atoms with Gasteiger partial charge in [0.2, 0.25) is 0 Å². The molecule has 3 heterocycles. The van der Waals surface area contributed by atoms with Gasteiger partial charge in [0.1, 0.15) is 29.6 Å². The van der Waals surface area contributed by atoms with Crippen LogP contribution in [0.15, 0.2) is 36.8 Å². The van der Waals surface area contributed by atoms with Crippen LogP contribution in [0.3, 0.4) is 0 Å². The molecule has 12 heteroatoms. The number of nitrogen functional groups attached to an aromatic ring is 1. The Morgan fingerprint density at radius 3 is 2.76 bits per heavy atom. The van der Waals surface area contributed by atoms with Gasteiger partial charge in [-0.15, -0.1) is 0 Å². The van der Waals surface area contributed by atoms with E-state index in [1.165, 1.54) is 6.33 Å².